The molecule has 1 aromatic heterocycles. The molecule has 1 amide bonds. The number of anilines is 1. The lowest BCUT2D eigenvalue weighted by atomic mass is 10.2. The molecule has 0 aliphatic heterocycles. The summed E-state index contributed by atoms with van der Waals surface area (Å²) in [6.07, 6.45) is 0. The first-order valence-corrected chi connectivity index (χ1v) is 9.17. The van der Waals surface area contributed by atoms with Gasteiger partial charge >= 0.3 is 0 Å². The molecule has 146 valence electrons. The van der Waals surface area contributed by atoms with Gasteiger partial charge in [0.05, 0.1) is 25.2 Å². The van der Waals surface area contributed by atoms with Gasteiger partial charge in [0.1, 0.15) is 5.82 Å². The minimum absolute atomic E-state index is 0.122. The van der Waals surface area contributed by atoms with Crippen molar-refractivity contribution in [2.75, 3.05) is 19.5 Å². The van der Waals surface area contributed by atoms with Gasteiger partial charge in [0, 0.05) is 5.56 Å². The van der Waals surface area contributed by atoms with Gasteiger partial charge in [-0.05, 0) is 37.3 Å². The fraction of sp³-hybridized carbons (Fsp3) is 0.211. The van der Waals surface area contributed by atoms with Crippen molar-refractivity contribution in [3.8, 4) is 23.0 Å². The van der Waals surface area contributed by atoms with Crippen LogP contribution < -0.4 is 14.8 Å². The van der Waals surface area contributed by atoms with Crippen molar-refractivity contribution in [2.45, 2.75) is 17.4 Å². The van der Waals surface area contributed by atoms with E-state index in [9.17, 15) is 9.18 Å². The number of thioether (sulfide) groups is 1. The van der Waals surface area contributed by atoms with Crippen LogP contribution in [0.2, 0.25) is 0 Å². The molecule has 1 heterocycles. The molecule has 0 saturated carbocycles. The van der Waals surface area contributed by atoms with E-state index in [-0.39, 0.29) is 22.7 Å². The average Bonchev–Trinajstić information content (AvgIpc) is 3.17. The zero-order chi connectivity index (χ0) is 20.1. The first kappa shape index (κ1) is 19.7. The zero-order valence-electron chi connectivity index (χ0n) is 15.4. The number of aromatic nitrogens is 2. The molecule has 3 aromatic rings. The van der Waals surface area contributed by atoms with Crippen LogP contribution in [0, 0.1) is 5.82 Å². The monoisotopic (exact) mass is 403 g/mol. The van der Waals surface area contributed by atoms with Gasteiger partial charge in [0.15, 0.2) is 11.5 Å². The Kier molecular flexibility index (Phi) is 6.15. The van der Waals surface area contributed by atoms with E-state index in [2.05, 4.69) is 15.5 Å². The lowest BCUT2D eigenvalue weighted by Crippen LogP contribution is -2.22. The molecular weight excluding hydrogens is 385 g/mol. The van der Waals surface area contributed by atoms with E-state index in [1.54, 1.807) is 44.4 Å². The van der Waals surface area contributed by atoms with Gasteiger partial charge in [-0.2, -0.15) is 0 Å². The second-order valence-corrected chi connectivity index (χ2v) is 6.96. The van der Waals surface area contributed by atoms with Crippen LogP contribution in [0.25, 0.3) is 11.5 Å². The van der Waals surface area contributed by atoms with E-state index in [0.29, 0.717) is 17.1 Å². The maximum absolute atomic E-state index is 13.7. The lowest BCUT2D eigenvalue weighted by Gasteiger charge is -2.10. The van der Waals surface area contributed by atoms with Gasteiger partial charge < -0.3 is 19.2 Å². The molecule has 28 heavy (non-hydrogen) atoms. The number of carbonyl (C=O) groups excluding carboxylic acids is 1. The number of ether oxygens (including phenoxy) is 2. The highest BCUT2D eigenvalue weighted by Crippen LogP contribution is 2.33. The Hall–Kier alpha value is -3.07. The Morgan fingerprint density at radius 3 is 2.61 bits per heavy atom. The standard InChI is InChI=1S/C19H18FN3O4S/c1-11(17(24)21-14-7-5-4-6-13(14)20)28-19-23-22-18(27-19)12-8-9-15(25-2)16(10-12)26-3/h4-11H,1-3H3,(H,21,24)/t11-/m0/s1. The SMILES string of the molecule is COc1ccc(-c2nnc(S[C@@H](C)C(=O)Nc3ccccc3F)o2)cc1OC. The number of nitrogens with one attached hydrogen (secondary N) is 1. The predicted molar refractivity (Wildman–Crippen MR) is 103 cm³/mol. The fourth-order valence-corrected chi connectivity index (χ4v) is 3.03. The van der Waals surface area contributed by atoms with Crippen molar-refractivity contribution in [3.63, 3.8) is 0 Å². The van der Waals surface area contributed by atoms with Crippen LogP contribution in [0.3, 0.4) is 0 Å². The fourth-order valence-electron chi connectivity index (χ4n) is 2.34. The number of hydrogen-bond donors (Lipinski definition) is 1. The van der Waals surface area contributed by atoms with Crippen molar-refractivity contribution in [1.82, 2.24) is 10.2 Å². The number of benzene rings is 2. The van der Waals surface area contributed by atoms with Crippen LogP contribution in [-0.2, 0) is 4.79 Å². The van der Waals surface area contributed by atoms with Crippen molar-refractivity contribution >= 4 is 23.4 Å². The van der Waals surface area contributed by atoms with Crippen LogP contribution in [0.1, 0.15) is 6.92 Å². The van der Waals surface area contributed by atoms with E-state index >= 15 is 0 Å². The molecule has 2 aromatic carbocycles. The molecule has 3 rings (SSSR count). The molecule has 0 unspecified atom stereocenters. The van der Waals surface area contributed by atoms with Crippen LogP contribution in [0.4, 0.5) is 10.1 Å². The molecule has 7 nitrogen and oxygen atoms in total. The van der Waals surface area contributed by atoms with Crippen LogP contribution in [0.15, 0.2) is 52.1 Å². The van der Waals surface area contributed by atoms with Crippen molar-refractivity contribution in [1.29, 1.82) is 0 Å². The largest absolute Gasteiger partial charge is 0.493 e. The molecule has 1 atom stereocenters. The molecule has 0 bridgehead atoms. The molecule has 0 radical (unpaired) electrons. The summed E-state index contributed by atoms with van der Waals surface area (Å²) in [5.41, 5.74) is 0.775. The molecule has 0 spiro atoms. The Labute approximate surface area is 165 Å². The Morgan fingerprint density at radius 2 is 1.89 bits per heavy atom. The average molecular weight is 403 g/mol. The molecule has 0 aliphatic rings. The summed E-state index contributed by atoms with van der Waals surface area (Å²) < 4.78 is 29.8. The minimum atomic E-state index is -0.571. The Balaban J connectivity index is 1.69. The predicted octanol–water partition coefficient (Wildman–Crippen LogP) is 4.01. The van der Waals surface area contributed by atoms with Crippen molar-refractivity contribution in [2.24, 2.45) is 0 Å². The highest BCUT2D eigenvalue weighted by molar-refractivity contribution is 8.00. The zero-order valence-corrected chi connectivity index (χ0v) is 16.2. The van der Waals surface area contributed by atoms with Crippen LogP contribution >= 0.6 is 11.8 Å². The maximum Gasteiger partial charge on any atom is 0.277 e. The highest BCUT2D eigenvalue weighted by atomic mass is 32.2. The number of nitrogens with zero attached hydrogens (tertiary/aromatic N) is 2. The summed E-state index contributed by atoms with van der Waals surface area (Å²) in [5.74, 6) is 0.525. The number of amides is 1. The van der Waals surface area contributed by atoms with E-state index in [0.717, 1.165) is 11.8 Å². The summed E-state index contributed by atoms with van der Waals surface area (Å²) in [4.78, 5) is 12.3. The Bertz CT molecular complexity index is 979. The molecule has 0 saturated heterocycles. The van der Waals surface area contributed by atoms with Gasteiger partial charge in [-0.3, -0.25) is 4.79 Å². The molecule has 1 N–H and O–H groups in total. The first-order valence-electron chi connectivity index (χ1n) is 8.29. The molecular formula is C19H18FN3O4S. The summed E-state index contributed by atoms with van der Waals surface area (Å²) in [6, 6.07) is 11.2. The van der Waals surface area contributed by atoms with Crippen molar-refractivity contribution < 1.29 is 23.1 Å². The van der Waals surface area contributed by atoms with Gasteiger partial charge in [0.2, 0.25) is 11.8 Å². The van der Waals surface area contributed by atoms with E-state index in [1.165, 1.54) is 19.2 Å². The van der Waals surface area contributed by atoms with Gasteiger partial charge in [-0.25, -0.2) is 4.39 Å². The summed E-state index contributed by atoms with van der Waals surface area (Å²) in [5, 5.41) is 10.2. The summed E-state index contributed by atoms with van der Waals surface area (Å²) in [6.45, 7) is 1.67. The van der Waals surface area contributed by atoms with Crippen molar-refractivity contribution in [3.05, 3.63) is 48.3 Å². The van der Waals surface area contributed by atoms with Crippen LogP contribution in [-0.4, -0.2) is 35.6 Å². The first-order chi connectivity index (χ1) is 13.5. The third-order valence-electron chi connectivity index (χ3n) is 3.82. The highest BCUT2D eigenvalue weighted by Gasteiger charge is 2.20. The van der Waals surface area contributed by atoms with E-state index in [1.807, 2.05) is 0 Å². The van der Waals surface area contributed by atoms with E-state index < -0.39 is 11.1 Å². The van der Waals surface area contributed by atoms with Gasteiger partial charge in [-0.1, -0.05) is 23.9 Å². The van der Waals surface area contributed by atoms with Gasteiger partial charge in [-0.15, -0.1) is 10.2 Å². The normalized spacial score (nSPS) is 11.7. The minimum Gasteiger partial charge on any atom is -0.493 e. The lowest BCUT2D eigenvalue weighted by molar-refractivity contribution is -0.115. The number of carbonyl (C=O) groups is 1. The molecule has 0 fully saturated rings. The smallest absolute Gasteiger partial charge is 0.277 e. The number of halogens is 1. The second-order valence-electron chi connectivity index (χ2n) is 5.67. The third kappa shape index (κ3) is 4.42. The number of para-hydroxylation sites is 1. The number of hydrogen-bond acceptors (Lipinski definition) is 7. The second kappa shape index (κ2) is 8.75. The molecule has 0 aliphatic carbocycles. The number of rotatable bonds is 7. The van der Waals surface area contributed by atoms with E-state index in [4.69, 9.17) is 13.9 Å². The third-order valence-corrected chi connectivity index (χ3v) is 4.75. The Morgan fingerprint density at radius 1 is 1.14 bits per heavy atom. The number of methoxy groups -OCH3 is 2. The summed E-state index contributed by atoms with van der Waals surface area (Å²) >= 11 is 1.08. The maximum atomic E-state index is 13.7. The summed E-state index contributed by atoms with van der Waals surface area (Å²) in [7, 11) is 3.08. The van der Waals surface area contributed by atoms with Crippen LogP contribution in [0.5, 0.6) is 11.5 Å². The topological polar surface area (TPSA) is 86.5 Å². The molecule has 9 heteroatoms. The van der Waals surface area contributed by atoms with Gasteiger partial charge in [0.25, 0.3) is 5.22 Å². The quantitative estimate of drug-likeness (QED) is 0.597.